The predicted octanol–water partition coefficient (Wildman–Crippen LogP) is 3.33. The van der Waals surface area contributed by atoms with Crippen molar-refractivity contribution in [1.82, 2.24) is 20.6 Å². The van der Waals surface area contributed by atoms with Crippen LogP contribution < -0.4 is 10.1 Å². The lowest BCUT2D eigenvalue weighted by Crippen LogP contribution is -2.23. The third-order valence-electron chi connectivity index (χ3n) is 4.02. The number of hydrogen-bond donors (Lipinski definition) is 1. The van der Waals surface area contributed by atoms with Gasteiger partial charge in [-0.3, -0.25) is 4.79 Å². The first-order valence-electron chi connectivity index (χ1n) is 8.50. The molecule has 2 aromatic carbocycles. The average Bonchev–Trinajstić information content (AvgIpc) is 3.43. The number of hydrogen-bond acceptors (Lipinski definition) is 7. The topological polar surface area (TPSA) is 103 Å². The van der Waals surface area contributed by atoms with Crippen molar-refractivity contribution >= 4 is 5.91 Å². The summed E-state index contributed by atoms with van der Waals surface area (Å²) in [5.74, 6) is 1.58. The Bertz CT molecular complexity index is 1070. The van der Waals surface area contributed by atoms with Crippen LogP contribution >= 0.6 is 0 Å². The second-order valence-electron chi connectivity index (χ2n) is 5.87. The van der Waals surface area contributed by atoms with Crippen LogP contribution in [0.5, 0.6) is 5.75 Å². The van der Waals surface area contributed by atoms with Crippen molar-refractivity contribution in [2.45, 2.75) is 6.54 Å². The zero-order chi connectivity index (χ0) is 19.3. The minimum Gasteiger partial charge on any atom is -0.497 e. The molecule has 0 fully saturated rings. The third-order valence-corrected chi connectivity index (χ3v) is 4.02. The third kappa shape index (κ3) is 3.75. The monoisotopic (exact) mass is 376 g/mol. The largest absolute Gasteiger partial charge is 0.497 e. The Morgan fingerprint density at radius 3 is 2.54 bits per heavy atom. The van der Waals surface area contributed by atoms with Crippen molar-refractivity contribution in [2.75, 3.05) is 7.11 Å². The van der Waals surface area contributed by atoms with Crippen molar-refractivity contribution in [3.05, 3.63) is 72.2 Å². The number of amides is 1. The average molecular weight is 376 g/mol. The van der Waals surface area contributed by atoms with Crippen molar-refractivity contribution in [3.8, 4) is 28.5 Å². The molecule has 140 valence electrons. The van der Waals surface area contributed by atoms with Gasteiger partial charge in [-0.15, -0.1) is 0 Å². The molecule has 4 rings (SSSR count). The fraction of sp³-hybridized carbons (Fsp3) is 0.100. The first-order valence-corrected chi connectivity index (χ1v) is 8.50. The molecule has 0 bridgehead atoms. The van der Waals surface area contributed by atoms with E-state index >= 15 is 0 Å². The number of carbonyl (C=O) groups is 1. The highest BCUT2D eigenvalue weighted by Crippen LogP contribution is 2.21. The van der Waals surface area contributed by atoms with Gasteiger partial charge in [0.05, 0.1) is 13.7 Å². The lowest BCUT2D eigenvalue weighted by atomic mass is 10.1. The first kappa shape index (κ1) is 17.5. The maximum Gasteiger partial charge on any atom is 0.273 e. The number of rotatable bonds is 6. The normalized spacial score (nSPS) is 10.6. The van der Waals surface area contributed by atoms with Gasteiger partial charge in [0.15, 0.2) is 11.5 Å². The van der Waals surface area contributed by atoms with E-state index < -0.39 is 5.91 Å². The summed E-state index contributed by atoms with van der Waals surface area (Å²) in [6.07, 6.45) is 0. The van der Waals surface area contributed by atoms with Gasteiger partial charge in [-0.05, 0) is 24.3 Å². The van der Waals surface area contributed by atoms with Crippen LogP contribution in [-0.4, -0.2) is 28.3 Å². The molecule has 0 aliphatic heterocycles. The molecule has 0 saturated heterocycles. The molecule has 1 N–H and O–H groups in total. The zero-order valence-corrected chi connectivity index (χ0v) is 15.0. The Kier molecular flexibility index (Phi) is 4.83. The Morgan fingerprint density at radius 1 is 1.00 bits per heavy atom. The van der Waals surface area contributed by atoms with Crippen LogP contribution in [0.15, 0.2) is 69.7 Å². The maximum atomic E-state index is 12.3. The van der Waals surface area contributed by atoms with Crippen molar-refractivity contribution in [1.29, 1.82) is 0 Å². The summed E-state index contributed by atoms with van der Waals surface area (Å²) in [6, 6.07) is 18.3. The zero-order valence-electron chi connectivity index (χ0n) is 15.0. The fourth-order valence-electron chi connectivity index (χ4n) is 2.55. The Labute approximate surface area is 160 Å². The molecule has 0 unspecified atom stereocenters. The molecular formula is C20H16N4O4. The number of aromatic nitrogens is 3. The van der Waals surface area contributed by atoms with Crippen LogP contribution in [0.3, 0.4) is 0 Å². The second kappa shape index (κ2) is 7.75. The number of ether oxygens (including phenoxy) is 1. The van der Waals surface area contributed by atoms with Gasteiger partial charge < -0.3 is 19.1 Å². The van der Waals surface area contributed by atoms with E-state index in [0.29, 0.717) is 11.6 Å². The van der Waals surface area contributed by atoms with Gasteiger partial charge in [-0.2, -0.15) is 4.98 Å². The summed E-state index contributed by atoms with van der Waals surface area (Å²) in [5, 5.41) is 10.4. The van der Waals surface area contributed by atoms with E-state index in [1.165, 1.54) is 0 Å². The van der Waals surface area contributed by atoms with Crippen LogP contribution in [0.25, 0.3) is 22.7 Å². The highest BCUT2D eigenvalue weighted by molar-refractivity contribution is 5.92. The van der Waals surface area contributed by atoms with Gasteiger partial charge in [-0.1, -0.05) is 40.6 Å². The van der Waals surface area contributed by atoms with E-state index in [0.717, 1.165) is 16.9 Å². The van der Waals surface area contributed by atoms with Gasteiger partial charge in [0.2, 0.25) is 11.7 Å². The van der Waals surface area contributed by atoms with E-state index in [4.69, 9.17) is 13.8 Å². The van der Waals surface area contributed by atoms with Crippen LogP contribution in [0.1, 0.15) is 16.4 Å². The summed E-state index contributed by atoms with van der Waals surface area (Å²) in [6.45, 7) is 0.0789. The standard InChI is InChI=1S/C20H16N4O4/c1-26-15-9-7-14(8-10-15)19-22-18(28-24-19)12-21-20(25)16-11-17(27-23-16)13-5-3-2-4-6-13/h2-11H,12H2,1H3,(H,21,25). The molecule has 8 nitrogen and oxygen atoms in total. The minimum absolute atomic E-state index is 0.0789. The molecule has 8 heteroatoms. The molecule has 0 radical (unpaired) electrons. The highest BCUT2D eigenvalue weighted by Gasteiger charge is 2.15. The van der Waals surface area contributed by atoms with Crippen molar-refractivity contribution in [3.63, 3.8) is 0 Å². The summed E-state index contributed by atoms with van der Waals surface area (Å²) in [5.41, 5.74) is 1.80. The fourth-order valence-corrected chi connectivity index (χ4v) is 2.55. The first-order chi connectivity index (χ1) is 13.7. The molecular weight excluding hydrogens is 360 g/mol. The number of benzene rings is 2. The summed E-state index contributed by atoms with van der Waals surface area (Å²) >= 11 is 0. The molecule has 0 atom stereocenters. The predicted molar refractivity (Wildman–Crippen MR) is 99.4 cm³/mol. The van der Waals surface area contributed by atoms with Crippen molar-refractivity contribution in [2.24, 2.45) is 0 Å². The molecule has 4 aromatic rings. The Morgan fingerprint density at radius 2 is 1.79 bits per heavy atom. The molecule has 2 aromatic heterocycles. The molecule has 2 heterocycles. The Balaban J connectivity index is 1.39. The van der Waals surface area contributed by atoms with Crippen LogP contribution in [0.2, 0.25) is 0 Å². The van der Waals surface area contributed by atoms with E-state index in [1.807, 2.05) is 54.6 Å². The molecule has 28 heavy (non-hydrogen) atoms. The summed E-state index contributed by atoms with van der Waals surface area (Å²) in [7, 11) is 1.60. The van der Waals surface area contributed by atoms with Gasteiger partial charge in [-0.25, -0.2) is 0 Å². The highest BCUT2D eigenvalue weighted by atomic mass is 16.5. The van der Waals surface area contributed by atoms with E-state index in [9.17, 15) is 4.79 Å². The van der Waals surface area contributed by atoms with Crippen LogP contribution in [0.4, 0.5) is 0 Å². The van der Waals surface area contributed by atoms with E-state index in [-0.39, 0.29) is 18.1 Å². The van der Waals surface area contributed by atoms with Gasteiger partial charge >= 0.3 is 0 Å². The van der Waals surface area contributed by atoms with Gasteiger partial charge in [0, 0.05) is 17.2 Å². The second-order valence-corrected chi connectivity index (χ2v) is 5.87. The SMILES string of the molecule is COc1ccc(-c2noc(CNC(=O)c3cc(-c4ccccc4)on3)n2)cc1. The maximum absolute atomic E-state index is 12.3. The molecule has 0 aliphatic carbocycles. The van der Waals surface area contributed by atoms with E-state index in [2.05, 4.69) is 20.6 Å². The molecule has 1 amide bonds. The van der Waals surface area contributed by atoms with Crippen molar-refractivity contribution < 1.29 is 18.6 Å². The lowest BCUT2D eigenvalue weighted by Gasteiger charge is -1.99. The van der Waals surface area contributed by atoms with Gasteiger partial charge in [0.25, 0.3) is 5.91 Å². The van der Waals surface area contributed by atoms with Gasteiger partial charge in [0.1, 0.15) is 5.75 Å². The molecule has 0 aliphatic rings. The summed E-state index contributed by atoms with van der Waals surface area (Å²) in [4.78, 5) is 16.5. The number of nitrogens with zero attached hydrogens (tertiary/aromatic N) is 3. The van der Waals surface area contributed by atoms with Crippen LogP contribution in [-0.2, 0) is 6.54 Å². The number of carbonyl (C=O) groups excluding carboxylic acids is 1. The number of methoxy groups -OCH3 is 1. The van der Waals surface area contributed by atoms with Crippen LogP contribution in [0, 0.1) is 0 Å². The minimum atomic E-state index is -0.393. The summed E-state index contributed by atoms with van der Waals surface area (Å²) < 4.78 is 15.5. The molecule has 0 saturated carbocycles. The van der Waals surface area contributed by atoms with E-state index in [1.54, 1.807) is 13.2 Å². The lowest BCUT2D eigenvalue weighted by molar-refractivity contribution is 0.0937. The quantitative estimate of drug-likeness (QED) is 0.550. The smallest absolute Gasteiger partial charge is 0.273 e. The Hall–Kier alpha value is -3.94. The molecule has 0 spiro atoms. The number of nitrogens with one attached hydrogen (secondary N) is 1.